The van der Waals surface area contributed by atoms with E-state index in [4.69, 9.17) is 4.99 Å². The molecule has 0 saturated carbocycles. The summed E-state index contributed by atoms with van der Waals surface area (Å²) in [5, 5.41) is 6.81. The number of thiophene rings is 1. The van der Waals surface area contributed by atoms with Gasteiger partial charge in [0, 0.05) is 46.8 Å². The third kappa shape index (κ3) is 5.29. The Morgan fingerprint density at radius 2 is 1.83 bits per heavy atom. The fourth-order valence-corrected chi connectivity index (χ4v) is 4.85. The molecule has 0 atom stereocenters. The molecule has 1 aromatic heterocycles. The van der Waals surface area contributed by atoms with Crippen LogP contribution in [0.4, 0.5) is 5.00 Å². The molecule has 1 aliphatic rings. The number of nitrogens with zero attached hydrogens (tertiary/aromatic N) is 4. The monoisotopic (exact) mass is 435 g/mol. The Bertz CT molecular complexity index is 901. The van der Waals surface area contributed by atoms with Gasteiger partial charge in [0.05, 0.1) is 16.4 Å². The highest BCUT2D eigenvalue weighted by Crippen LogP contribution is 2.22. The Morgan fingerprint density at radius 3 is 2.38 bits per heavy atom. The highest BCUT2D eigenvalue weighted by molar-refractivity contribution is 7.89. The van der Waals surface area contributed by atoms with Crippen LogP contribution in [-0.4, -0.2) is 70.4 Å². The van der Waals surface area contributed by atoms with E-state index in [1.165, 1.54) is 23.4 Å². The smallest absolute Gasteiger partial charge is 0.242 e. The predicted octanol–water partition coefficient (Wildman–Crippen LogP) is 2.29. The summed E-state index contributed by atoms with van der Waals surface area (Å²) in [6.45, 7) is 7.18. The van der Waals surface area contributed by atoms with E-state index in [-0.39, 0.29) is 0 Å². The van der Waals surface area contributed by atoms with E-state index in [1.54, 1.807) is 23.5 Å². The Hall–Kier alpha value is -2.10. The number of aliphatic imine (C=N–C) groups is 1. The fourth-order valence-electron chi connectivity index (χ4n) is 3.16. The zero-order valence-electron chi connectivity index (χ0n) is 17.2. The van der Waals surface area contributed by atoms with Gasteiger partial charge in [0.2, 0.25) is 10.0 Å². The summed E-state index contributed by atoms with van der Waals surface area (Å²) < 4.78 is 25.6. The van der Waals surface area contributed by atoms with Crippen LogP contribution in [0.15, 0.2) is 51.7 Å². The van der Waals surface area contributed by atoms with Gasteiger partial charge in [-0.05, 0) is 42.1 Å². The molecule has 158 valence electrons. The van der Waals surface area contributed by atoms with Gasteiger partial charge in [-0.25, -0.2) is 17.7 Å². The standard InChI is InChI=1S/C20H29N5O2S2/c1-4-21-20(25-13-11-24(12-14-25)19-6-5-15-28-19)22-16-17-7-9-18(10-8-17)29(26,27)23(2)3/h5-10,15H,4,11-14,16H2,1-3H3,(H,21,22). The van der Waals surface area contributed by atoms with Crippen LogP contribution in [0.1, 0.15) is 12.5 Å². The third-order valence-electron chi connectivity index (χ3n) is 4.85. The zero-order chi connectivity index (χ0) is 20.9. The molecular weight excluding hydrogens is 406 g/mol. The van der Waals surface area contributed by atoms with Gasteiger partial charge < -0.3 is 15.1 Å². The van der Waals surface area contributed by atoms with Gasteiger partial charge >= 0.3 is 0 Å². The number of anilines is 1. The second-order valence-electron chi connectivity index (χ2n) is 7.03. The lowest BCUT2D eigenvalue weighted by Gasteiger charge is -2.37. The van der Waals surface area contributed by atoms with Crippen molar-refractivity contribution in [2.75, 3.05) is 51.7 Å². The van der Waals surface area contributed by atoms with Gasteiger partial charge in [-0.1, -0.05) is 12.1 Å². The van der Waals surface area contributed by atoms with Crippen LogP contribution in [0.25, 0.3) is 0 Å². The number of hydrogen-bond acceptors (Lipinski definition) is 5. The summed E-state index contributed by atoms with van der Waals surface area (Å²) >= 11 is 1.78. The highest BCUT2D eigenvalue weighted by atomic mass is 32.2. The van der Waals surface area contributed by atoms with E-state index >= 15 is 0 Å². The first-order valence-electron chi connectivity index (χ1n) is 9.75. The fraction of sp³-hybridized carbons (Fsp3) is 0.450. The van der Waals surface area contributed by atoms with Crippen molar-refractivity contribution >= 4 is 32.3 Å². The van der Waals surface area contributed by atoms with Gasteiger partial charge in [-0.3, -0.25) is 0 Å². The van der Waals surface area contributed by atoms with Crippen molar-refractivity contribution in [1.82, 2.24) is 14.5 Å². The van der Waals surface area contributed by atoms with Crippen LogP contribution in [0.2, 0.25) is 0 Å². The average Bonchev–Trinajstić information content (AvgIpc) is 3.26. The quantitative estimate of drug-likeness (QED) is 0.557. The number of piperazine rings is 1. The van der Waals surface area contributed by atoms with Gasteiger partial charge in [0.1, 0.15) is 0 Å². The SMILES string of the molecule is CCNC(=NCc1ccc(S(=O)(=O)N(C)C)cc1)N1CCN(c2cccs2)CC1. The number of hydrogen-bond donors (Lipinski definition) is 1. The number of rotatable bonds is 6. The van der Waals surface area contributed by atoms with E-state index in [1.807, 2.05) is 12.1 Å². The molecule has 1 saturated heterocycles. The van der Waals surface area contributed by atoms with Crippen LogP contribution in [0, 0.1) is 0 Å². The molecule has 7 nitrogen and oxygen atoms in total. The van der Waals surface area contributed by atoms with Crippen molar-refractivity contribution in [2.24, 2.45) is 4.99 Å². The summed E-state index contributed by atoms with van der Waals surface area (Å²) in [5.41, 5.74) is 0.982. The maximum absolute atomic E-state index is 12.2. The summed E-state index contributed by atoms with van der Waals surface area (Å²) in [7, 11) is -0.329. The first kappa shape index (κ1) is 21.6. The molecule has 1 aliphatic heterocycles. The molecule has 1 aromatic carbocycles. The van der Waals surface area contributed by atoms with Crippen LogP contribution >= 0.6 is 11.3 Å². The molecular formula is C20H29N5O2S2. The van der Waals surface area contributed by atoms with Gasteiger partial charge in [0.25, 0.3) is 0 Å². The number of benzene rings is 1. The Morgan fingerprint density at radius 1 is 1.14 bits per heavy atom. The summed E-state index contributed by atoms with van der Waals surface area (Å²) in [4.78, 5) is 9.78. The molecule has 9 heteroatoms. The molecule has 0 spiro atoms. The van der Waals surface area contributed by atoms with Crippen LogP contribution in [0.5, 0.6) is 0 Å². The van der Waals surface area contributed by atoms with E-state index in [2.05, 4.69) is 39.6 Å². The van der Waals surface area contributed by atoms with Gasteiger partial charge in [-0.2, -0.15) is 0 Å². The molecule has 29 heavy (non-hydrogen) atoms. The first-order chi connectivity index (χ1) is 13.9. The average molecular weight is 436 g/mol. The summed E-state index contributed by atoms with van der Waals surface area (Å²) in [6, 6.07) is 11.2. The lowest BCUT2D eigenvalue weighted by atomic mass is 10.2. The van der Waals surface area contributed by atoms with Crippen molar-refractivity contribution in [3.05, 3.63) is 47.3 Å². The van der Waals surface area contributed by atoms with Crippen LogP contribution in [0.3, 0.4) is 0 Å². The molecule has 1 N–H and O–H groups in total. The minimum absolute atomic E-state index is 0.298. The molecule has 0 unspecified atom stereocenters. The largest absolute Gasteiger partial charge is 0.360 e. The molecule has 0 bridgehead atoms. The molecule has 0 aliphatic carbocycles. The zero-order valence-corrected chi connectivity index (χ0v) is 18.8. The van der Waals surface area contributed by atoms with E-state index in [9.17, 15) is 8.42 Å². The summed E-state index contributed by atoms with van der Waals surface area (Å²) in [5.74, 6) is 0.906. The molecule has 0 amide bonds. The minimum Gasteiger partial charge on any atom is -0.360 e. The molecule has 1 fully saturated rings. The number of nitrogens with one attached hydrogen (secondary N) is 1. The van der Waals surface area contributed by atoms with E-state index < -0.39 is 10.0 Å². The molecule has 2 aromatic rings. The van der Waals surface area contributed by atoms with Crippen molar-refractivity contribution in [3.63, 3.8) is 0 Å². The maximum atomic E-state index is 12.2. The second kappa shape index (κ2) is 9.60. The minimum atomic E-state index is -3.40. The van der Waals surface area contributed by atoms with Gasteiger partial charge in [-0.15, -0.1) is 11.3 Å². The van der Waals surface area contributed by atoms with Crippen molar-refractivity contribution < 1.29 is 8.42 Å². The maximum Gasteiger partial charge on any atom is 0.242 e. The number of sulfonamides is 1. The Labute approximate surface area is 177 Å². The Kier molecular flexibility index (Phi) is 7.15. The van der Waals surface area contributed by atoms with Crippen molar-refractivity contribution in [1.29, 1.82) is 0 Å². The topological polar surface area (TPSA) is 68.2 Å². The van der Waals surface area contributed by atoms with Crippen LogP contribution in [-0.2, 0) is 16.6 Å². The van der Waals surface area contributed by atoms with E-state index in [0.29, 0.717) is 11.4 Å². The molecule has 3 rings (SSSR count). The van der Waals surface area contributed by atoms with Gasteiger partial charge in [0.15, 0.2) is 5.96 Å². The Balaban J connectivity index is 1.64. The summed E-state index contributed by atoms with van der Waals surface area (Å²) in [6.07, 6.45) is 0. The van der Waals surface area contributed by atoms with Crippen molar-refractivity contribution in [2.45, 2.75) is 18.4 Å². The second-order valence-corrected chi connectivity index (χ2v) is 10.1. The highest BCUT2D eigenvalue weighted by Gasteiger charge is 2.20. The molecule has 2 heterocycles. The first-order valence-corrected chi connectivity index (χ1v) is 12.1. The lowest BCUT2D eigenvalue weighted by molar-refractivity contribution is 0.373. The molecule has 0 radical (unpaired) electrons. The lowest BCUT2D eigenvalue weighted by Crippen LogP contribution is -2.52. The third-order valence-corrected chi connectivity index (χ3v) is 7.60. The predicted molar refractivity (Wildman–Crippen MR) is 120 cm³/mol. The van der Waals surface area contributed by atoms with E-state index in [0.717, 1.165) is 44.2 Å². The van der Waals surface area contributed by atoms with Crippen LogP contribution < -0.4 is 10.2 Å². The normalized spacial score (nSPS) is 15.8. The number of guanidine groups is 1. The van der Waals surface area contributed by atoms with Crippen molar-refractivity contribution in [3.8, 4) is 0 Å².